The molecule has 23 heavy (non-hydrogen) atoms. The summed E-state index contributed by atoms with van der Waals surface area (Å²) < 4.78 is 5.27. The Hall–Kier alpha value is -2.34. The SMILES string of the molecule is CCN1CCN(C(=O)c2ccc(NCc3ccco3)cn2)CC1. The van der Waals surface area contributed by atoms with Crippen molar-refractivity contribution in [3.05, 3.63) is 48.2 Å². The van der Waals surface area contributed by atoms with Gasteiger partial charge in [0, 0.05) is 26.2 Å². The zero-order valence-electron chi connectivity index (χ0n) is 13.4. The Kier molecular flexibility index (Phi) is 4.92. The van der Waals surface area contributed by atoms with Gasteiger partial charge >= 0.3 is 0 Å². The Bertz CT molecular complexity index is 617. The number of hydrogen-bond donors (Lipinski definition) is 1. The monoisotopic (exact) mass is 314 g/mol. The normalized spacial score (nSPS) is 15.6. The Morgan fingerprint density at radius 2 is 2.09 bits per heavy atom. The molecule has 122 valence electrons. The first-order chi connectivity index (χ1) is 11.3. The molecule has 6 heteroatoms. The first-order valence-electron chi connectivity index (χ1n) is 8.00. The summed E-state index contributed by atoms with van der Waals surface area (Å²) >= 11 is 0. The summed E-state index contributed by atoms with van der Waals surface area (Å²) in [7, 11) is 0. The van der Waals surface area contributed by atoms with Crippen molar-refractivity contribution in [2.24, 2.45) is 0 Å². The third kappa shape index (κ3) is 3.90. The maximum Gasteiger partial charge on any atom is 0.272 e. The van der Waals surface area contributed by atoms with E-state index in [-0.39, 0.29) is 5.91 Å². The predicted molar refractivity (Wildman–Crippen MR) is 88.3 cm³/mol. The van der Waals surface area contributed by atoms with Gasteiger partial charge in [0.05, 0.1) is 24.7 Å². The number of carbonyl (C=O) groups excluding carboxylic acids is 1. The maximum atomic E-state index is 12.5. The second-order valence-corrected chi connectivity index (χ2v) is 5.59. The van der Waals surface area contributed by atoms with Crippen LogP contribution < -0.4 is 5.32 Å². The molecule has 0 atom stereocenters. The lowest BCUT2D eigenvalue weighted by Crippen LogP contribution is -2.48. The van der Waals surface area contributed by atoms with Gasteiger partial charge in [0.1, 0.15) is 11.5 Å². The lowest BCUT2D eigenvalue weighted by atomic mass is 10.2. The molecule has 1 aliphatic rings. The summed E-state index contributed by atoms with van der Waals surface area (Å²) in [5.74, 6) is 0.872. The molecule has 0 radical (unpaired) electrons. The number of furan rings is 1. The fourth-order valence-corrected chi connectivity index (χ4v) is 2.66. The molecule has 0 unspecified atom stereocenters. The molecular weight excluding hydrogens is 292 g/mol. The number of nitrogens with one attached hydrogen (secondary N) is 1. The Morgan fingerprint density at radius 3 is 2.70 bits per heavy atom. The van der Waals surface area contributed by atoms with Crippen LogP contribution in [-0.4, -0.2) is 53.4 Å². The zero-order chi connectivity index (χ0) is 16.1. The molecule has 0 spiro atoms. The minimum absolute atomic E-state index is 0.0123. The zero-order valence-corrected chi connectivity index (χ0v) is 13.4. The first-order valence-corrected chi connectivity index (χ1v) is 8.00. The van der Waals surface area contributed by atoms with Crippen LogP contribution >= 0.6 is 0 Å². The quantitative estimate of drug-likeness (QED) is 0.915. The van der Waals surface area contributed by atoms with Gasteiger partial charge in [-0.3, -0.25) is 4.79 Å². The van der Waals surface area contributed by atoms with E-state index in [1.165, 1.54) is 0 Å². The minimum Gasteiger partial charge on any atom is -0.467 e. The van der Waals surface area contributed by atoms with E-state index < -0.39 is 0 Å². The van der Waals surface area contributed by atoms with Crippen LogP contribution in [0.5, 0.6) is 0 Å². The largest absolute Gasteiger partial charge is 0.467 e. The average Bonchev–Trinajstić information content (AvgIpc) is 3.13. The van der Waals surface area contributed by atoms with E-state index in [4.69, 9.17) is 4.42 Å². The van der Waals surface area contributed by atoms with E-state index in [1.807, 2.05) is 23.1 Å². The molecule has 3 rings (SSSR count). The smallest absolute Gasteiger partial charge is 0.272 e. The number of pyridine rings is 1. The van der Waals surface area contributed by atoms with E-state index in [2.05, 4.69) is 22.1 Å². The molecule has 1 saturated heterocycles. The van der Waals surface area contributed by atoms with Crippen LogP contribution in [0.25, 0.3) is 0 Å². The van der Waals surface area contributed by atoms with E-state index in [0.29, 0.717) is 12.2 Å². The summed E-state index contributed by atoms with van der Waals surface area (Å²) in [6.07, 6.45) is 3.34. The molecule has 1 aliphatic heterocycles. The van der Waals surface area contributed by atoms with Crippen molar-refractivity contribution in [1.82, 2.24) is 14.8 Å². The molecule has 3 heterocycles. The number of nitrogens with zero attached hydrogens (tertiary/aromatic N) is 3. The molecule has 1 fully saturated rings. The highest BCUT2D eigenvalue weighted by Crippen LogP contribution is 2.12. The number of amides is 1. The third-order valence-electron chi connectivity index (χ3n) is 4.14. The number of likely N-dealkylation sites (N-methyl/N-ethyl adjacent to an activating group) is 1. The predicted octanol–water partition coefficient (Wildman–Crippen LogP) is 2.06. The summed E-state index contributed by atoms with van der Waals surface area (Å²) in [6.45, 7) is 7.19. The number of carbonyl (C=O) groups is 1. The van der Waals surface area contributed by atoms with Crippen molar-refractivity contribution < 1.29 is 9.21 Å². The molecule has 0 aromatic carbocycles. The summed E-state index contributed by atoms with van der Waals surface area (Å²) in [5, 5.41) is 3.22. The molecule has 2 aromatic heterocycles. The lowest BCUT2D eigenvalue weighted by molar-refractivity contribution is 0.0637. The maximum absolute atomic E-state index is 12.5. The van der Waals surface area contributed by atoms with Crippen LogP contribution in [0, 0.1) is 0 Å². The van der Waals surface area contributed by atoms with Crippen molar-refractivity contribution in [2.45, 2.75) is 13.5 Å². The lowest BCUT2D eigenvalue weighted by Gasteiger charge is -2.33. The Labute approximate surface area is 136 Å². The highest BCUT2D eigenvalue weighted by Gasteiger charge is 2.21. The second kappa shape index (κ2) is 7.28. The van der Waals surface area contributed by atoms with Gasteiger partial charge in [0.25, 0.3) is 5.91 Å². The van der Waals surface area contributed by atoms with E-state index in [1.54, 1.807) is 18.5 Å². The molecule has 0 saturated carbocycles. The van der Waals surface area contributed by atoms with Crippen LogP contribution in [0.15, 0.2) is 41.1 Å². The molecule has 0 aliphatic carbocycles. The molecule has 1 N–H and O–H groups in total. The van der Waals surface area contributed by atoms with Crippen molar-refractivity contribution in [3.63, 3.8) is 0 Å². The number of aromatic nitrogens is 1. The topological polar surface area (TPSA) is 61.6 Å². The van der Waals surface area contributed by atoms with Gasteiger partial charge in [-0.2, -0.15) is 0 Å². The van der Waals surface area contributed by atoms with Gasteiger partial charge < -0.3 is 19.5 Å². The van der Waals surface area contributed by atoms with E-state index in [9.17, 15) is 4.79 Å². The van der Waals surface area contributed by atoms with Crippen LogP contribution in [0.1, 0.15) is 23.2 Å². The second-order valence-electron chi connectivity index (χ2n) is 5.59. The first kappa shape index (κ1) is 15.6. The third-order valence-corrected chi connectivity index (χ3v) is 4.14. The van der Waals surface area contributed by atoms with Gasteiger partial charge in [-0.1, -0.05) is 6.92 Å². The standard InChI is InChI=1S/C17H22N4O2/c1-2-20-7-9-21(10-8-20)17(22)16-6-5-14(12-19-16)18-13-15-4-3-11-23-15/h3-6,11-12,18H,2,7-10,13H2,1H3. The van der Waals surface area contributed by atoms with Gasteiger partial charge in [0.2, 0.25) is 0 Å². The Morgan fingerprint density at radius 1 is 1.26 bits per heavy atom. The number of hydrogen-bond acceptors (Lipinski definition) is 5. The van der Waals surface area contributed by atoms with Crippen LogP contribution in [0.4, 0.5) is 5.69 Å². The van der Waals surface area contributed by atoms with E-state index in [0.717, 1.165) is 44.2 Å². The van der Waals surface area contributed by atoms with Crippen molar-refractivity contribution >= 4 is 11.6 Å². The number of anilines is 1. The fraction of sp³-hybridized carbons (Fsp3) is 0.412. The minimum atomic E-state index is 0.0123. The molecule has 1 amide bonds. The van der Waals surface area contributed by atoms with Gasteiger partial charge in [-0.15, -0.1) is 0 Å². The van der Waals surface area contributed by atoms with Crippen molar-refractivity contribution in [1.29, 1.82) is 0 Å². The van der Waals surface area contributed by atoms with Crippen LogP contribution in [0.2, 0.25) is 0 Å². The molecule has 2 aromatic rings. The van der Waals surface area contributed by atoms with Gasteiger partial charge in [-0.25, -0.2) is 4.98 Å². The molecule has 6 nitrogen and oxygen atoms in total. The van der Waals surface area contributed by atoms with Gasteiger partial charge in [0.15, 0.2) is 0 Å². The summed E-state index contributed by atoms with van der Waals surface area (Å²) in [4.78, 5) is 21.0. The number of piperazine rings is 1. The summed E-state index contributed by atoms with van der Waals surface area (Å²) in [5.41, 5.74) is 1.37. The van der Waals surface area contributed by atoms with Crippen LogP contribution in [0.3, 0.4) is 0 Å². The van der Waals surface area contributed by atoms with Gasteiger partial charge in [-0.05, 0) is 30.8 Å². The fourth-order valence-electron chi connectivity index (χ4n) is 2.66. The average molecular weight is 314 g/mol. The van der Waals surface area contributed by atoms with Crippen molar-refractivity contribution in [3.8, 4) is 0 Å². The van der Waals surface area contributed by atoms with Crippen LogP contribution in [-0.2, 0) is 6.54 Å². The molecule has 0 bridgehead atoms. The number of rotatable bonds is 5. The summed E-state index contributed by atoms with van der Waals surface area (Å²) in [6, 6.07) is 7.42. The highest BCUT2D eigenvalue weighted by atomic mass is 16.3. The highest BCUT2D eigenvalue weighted by molar-refractivity contribution is 5.92. The van der Waals surface area contributed by atoms with Crippen molar-refractivity contribution in [2.75, 3.05) is 38.0 Å². The van der Waals surface area contributed by atoms with E-state index >= 15 is 0 Å². The molecular formula is C17H22N4O2. The Balaban J connectivity index is 1.55.